The van der Waals surface area contributed by atoms with Crippen molar-refractivity contribution in [3.8, 4) is 0 Å². The number of nitrogens with zero attached hydrogens (tertiary/aromatic N) is 6. The van der Waals surface area contributed by atoms with Crippen LogP contribution < -0.4 is 9.80 Å². The number of piperazine rings is 2. The molecule has 0 unspecified atom stereocenters. The van der Waals surface area contributed by atoms with Crippen LogP contribution in [0.15, 0.2) is 108 Å². The summed E-state index contributed by atoms with van der Waals surface area (Å²) in [5, 5.41) is 11.1. The Morgan fingerprint density at radius 1 is 0.520 bits per heavy atom. The number of aromatic nitrogens is 2. The fourth-order valence-corrected chi connectivity index (χ4v) is 8.04. The zero-order chi connectivity index (χ0) is 34.1. The van der Waals surface area contributed by atoms with Gasteiger partial charge in [-0.15, -0.1) is 22.7 Å². The molecule has 0 radical (unpaired) electrons. The number of thiazole rings is 2. The van der Waals surface area contributed by atoms with Gasteiger partial charge in [0.2, 0.25) is 11.8 Å². The molecule has 2 aliphatic heterocycles. The molecule has 4 aromatic carbocycles. The topological polar surface area (TPSA) is 72.9 Å². The molecule has 0 saturated carbocycles. The van der Waals surface area contributed by atoms with E-state index in [0.717, 1.165) is 75.5 Å². The van der Waals surface area contributed by atoms with Crippen LogP contribution in [-0.4, -0.2) is 83.9 Å². The van der Waals surface area contributed by atoms with E-state index in [-0.39, 0.29) is 11.8 Å². The van der Waals surface area contributed by atoms with E-state index in [1.54, 1.807) is 22.7 Å². The van der Waals surface area contributed by atoms with Crippen LogP contribution in [-0.2, 0) is 22.4 Å². The van der Waals surface area contributed by atoms with Crippen LogP contribution in [0.3, 0.4) is 0 Å². The molecule has 8 rings (SSSR count). The molecule has 0 aliphatic carbocycles. The predicted octanol–water partition coefficient (Wildman–Crippen LogP) is 7.16. The van der Waals surface area contributed by atoms with Crippen LogP contribution in [0.5, 0.6) is 0 Å². The molecule has 50 heavy (non-hydrogen) atoms. The largest absolute Gasteiger partial charge is 0.345 e. The molecule has 10 heteroatoms. The Hall–Kier alpha value is -4.80. The summed E-state index contributed by atoms with van der Waals surface area (Å²) in [5.41, 5.74) is 2.46. The SMILES string of the molecule is O=C(CCc1ccc2ccccc2c1)N1CCN(c2nccs2)CC1.O=C(CCc1ccc2ccccc2c1)N1CCN(c2nccs2)CC1. The van der Waals surface area contributed by atoms with Crippen LogP contribution >= 0.6 is 22.7 Å². The van der Waals surface area contributed by atoms with Crippen molar-refractivity contribution < 1.29 is 9.59 Å². The van der Waals surface area contributed by atoms with E-state index in [2.05, 4.69) is 105 Å². The zero-order valence-corrected chi connectivity index (χ0v) is 29.8. The van der Waals surface area contributed by atoms with Gasteiger partial charge < -0.3 is 19.6 Å². The Morgan fingerprint density at radius 3 is 1.30 bits per heavy atom. The quantitative estimate of drug-likeness (QED) is 0.168. The first-order valence-electron chi connectivity index (χ1n) is 17.4. The smallest absolute Gasteiger partial charge is 0.223 e. The molecule has 2 aromatic heterocycles. The molecular formula is C40H42N6O2S2. The first-order chi connectivity index (χ1) is 24.6. The molecule has 0 spiro atoms. The number of carbonyl (C=O) groups is 2. The number of anilines is 2. The summed E-state index contributed by atoms with van der Waals surface area (Å²) < 4.78 is 0. The third-order valence-corrected chi connectivity index (χ3v) is 11.2. The molecule has 4 heterocycles. The van der Waals surface area contributed by atoms with Gasteiger partial charge in [0.1, 0.15) is 0 Å². The lowest BCUT2D eigenvalue weighted by Crippen LogP contribution is -2.48. The van der Waals surface area contributed by atoms with Crippen molar-refractivity contribution in [2.45, 2.75) is 25.7 Å². The second-order valence-corrected chi connectivity index (χ2v) is 14.5. The lowest BCUT2D eigenvalue weighted by molar-refractivity contribution is -0.132. The summed E-state index contributed by atoms with van der Waals surface area (Å²) in [6.07, 6.45) is 6.43. The van der Waals surface area contributed by atoms with Crippen molar-refractivity contribution in [1.82, 2.24) is 19.8 Å². The van der Waals surface area contributed by atoms with Crippen LogP contribution in [0.2, 0.25) is 0 Å². The van der Waals surface area contributed by atoms with Gasteiger partial charge in [-0.05, 0) is 45.5 Å². The van der Waals surface area contributed by atoms with Crippen molar-refractivity contribution >= 4 is 66.3 Å². The molecule has 0 bridgehead atoms. The second kappa shape index (κ2) is 16.3. The molecule has 2 aliphatic rings. The first kappa shape index (κ1) is 33.7. The maximum absolute atomic E-state index is 12.5. The minimum Gasteiger partial charge on any atom is -0.345 e. The maximum Gasteiger partial charge on any atom is 0.223 e. The number of hydrogen-bond acceptors (Lipinski definition) is 8. The zero-order valence-electron chi connectivity index (χ0n) is 28.2. The number of amides is 2. The fraction of sp³-hybridized carbons (Fsp3) is 0.300. The summed E-state index contributed by atoms with van der Waals surface area (Å²) >= 11 is 3.32. The van der Waals surface area contributed by atoms with Gasteiger partial charge in [-0.1, -0.05) is 84.9 Å². The van der Waals surface area contributed by atoms with Crippen LogP contribution in [0.4, 0.5) is 10.3 Å². The molecule has 0 atom stereocenters. The minimum absolute atomic E-state index is 0.256. The molecule has 0 N–H and O–H groups in total. The highest BCUT2D eigenvalue weighted by Gasteiger charge is 2.23. The van der Waals surface area contributed by atoms with E-state index in [1.807, 2.05) is 33.0 Å². The Kier molecular flexibility index (Phi) is 11.0. The molecule has 2 saturated heterocycles. The van der Waals surface area contributed by atoms with Crippen molar-refractivity contribution in [2.75, 3.05) is 62.2 Å². The Morgan fingerprint density at radius 2 is 0.920 bits per heavy atom. The number of benzene rings is 4. The standard InChI is InChI=1S/2C20H21N3OS/c2*24-19(22-10-12-23(13-11-22)20-21-9-14-25-20)8-6-16-5-7-17-3-1-2-4-18(17)15-16/h2*1-5,7,9,14-15H,6,8,10-13H2. The minimum atomic E-state index is 0.256. The van der Waals surface area contributed by atoms with Crippen molar-refractivity contribution in [1.29, 1.82) is 0 Å². The van der Waals surface area contributed by atoms with E-state index in [9.17, 15) is 9.59 Å². The van der Waals surface area contributed by atoms with E-state index in [4.69, 9.17) is 0 Å². The fourth-order valence-electron chi connectivity index (χ4n) is 6.65. The summed E-state index contributed by atoms with van der Waals surface area (Å²) in [6.45, 7) is 6.63. The monoisotopic (exact) mass is 702 g/mol. The highest BCUT2D eigenvalue weighted by Crippen LogP contribution is 2.22. The number of rotatable bonds is 8. The number of fused-ring (bicyclic) bond motifs is 2. The Labute approximate surface area is 301 Å². The first-order valence-corrected chi connectivity index (χ1v) is 19.1. The van der Waals surface area contributed by atoms with Crippen LogP contribution in [0.1, 0.15) is 24.0 Å². The Balaban J connectivity index is 0.000000157. The van der Waals surface area contributed by atoms with Crippen molar-refractivity contribution in [2.24, 2.45) is 0 Å². The third-order valence-electron chi connectivity index (χ3n) is 9.53. The van der Waals surface area contributed by atoms with Gasteiger partial charge in [0.05, 0.1) is 0 Å². The van der Waals surface area contributed by atoms with E-state index in [0.29, 0.717) is 12.8 Å². The molecule has 8 nitrogen and oxygen atoms in total. The average molecular weight is 703 g/mol. The normalized spacial score (nSPS) is 14.9. The van der Waals surface area contributed by atoms with E-state index < -0.39 is 0 Å². The van der Waals surface area contributed by atoms with E-state index in [1.165, 1.54) is 32.7 Å². The van der Waals surface area contributed by atoms with Gasteiger partial charge >= 0.3 is 0 Å². The maximum atomic E-state index is 12.5. The number of carbonyl (C=O) groups excluding carboxylic acids is 2. The average Bonchev–Trinajstić information content (AvgIpc) is 3.93. The lowest BCUT2D eigenvalue weighted by atomic mass is 10.0. The summed E-state index contributed by atoms with van der Waals surface area (Å²) in [7, 11) is 0. The van der Waals surface area contributed by atoms with Gasteiger partial charge in [0, 0.05) is 88.4 Å². The van der Waals surface area contributed by atoms with Crippen LogP contribution in [0.25, 0.3) is 21.5 Å². The molecular weight excluding hydrogens is 661 g/mol. The second-order valence-electron chi connectivity index (χ2n) is 12.7. The third kappa shape index (κ3) is 8.49. The van der Waals surface area contributed by atoms with Gasteiger partial charge in [-0.25, -0.2) is 9.97 Å². The van der Waals surface area contributed by atoms with Gasteiger partial charge in [0.25, 0.3) is 0 Å². The summed E-state index contributed by atoms with van der Waals surface area (Å²) in [4.78, 5) is 42.3. The molecule has 6 aromatic rings. The Bertz CT molecular complexity index is 1850. The van der Waals surface area contributed by atoms with E-state index >= 15 is 0 Å². The molecule has 2 fully saturated rings. The van der Waals surface area contributed by atoms with Crippen LogP contribution in [0, 0.1) is 0 Å². The van der Waals surface area contributed by atoms with Gasteiger partial charge in [-0.3, -0.25) is 9.59 Å². The van der Waals surface area contributed by atoms with Gasteiger partial charge in [-0.2, -0.15) is 0 Å². The number of aryl methyl sites for hydroxylation is 2. The summed E-state index contributed by atoms with van der Waals surface area (Å²) in [5.74, 6) is 0.513. The molecule has 2 amide bonds. The molecule has 256 valence electrons. The van der Waals surface area contributed by atoms with Gasteiger partial charge in [0.15, 0.2) is 10.3 Å². The van der Waals surface area contributed by atoms with Crippen molar-refractivity contribution in [3.63, 3.8) is 0 Å². The van der Waals surface area contributed by atoms with Crippen molar-refractivity contribution in [3.05, 3.63) is 119 Å². The predicted molar refractivity (Wildman–Crippen MR) is 206 cm³/mol. The lowest BCUT2D eigenvalue weighted by Gasteiger charge is -2.34. The highest BCUT2D eigenvalue weighted by molar-refractivity contribution is 7.13. The highest BCUT2D eigenvalue weighted by atomic mass is 32.1. The summed E-state index contributed by atoms with van der Waals surface area (Å²) in [6, 6.07) is 29.6. The number of hydrogen-bond donors (Lipinski definition) is 0.